The number of Topliss-reactive ketones (excluding diaryl/α,β-unsaturated/α-hetero) is 1. The number of carbonyl (C=O) groups is 2. The van der Waals surface area contributed by atoms with Gasteiger partial charge in [-0.3, -0.25) is 14.7 Å². The summed E-state index contributed by atoms with van der Waals surface area (Å²) in [5.74, 6) is 0.188. The van der Waals surface area contributed by atoms with Gasteiger partial charge in [-0.2, -0.15) is 14.7 Å². The molecule has 2 fully saturated rings. The molecule has 1 unspecified atom stereocenters. The van der Waals surface area contributed by atoms with Gasteiger partial charge in [0.1, 0.15) is 12.1 Å². The topological polar surface area (TPSA) is 155 Å². The molecule has 0 saturated carbocycles. The Morgan fingerprint density at radius 3 is 2.46 bits per heavy atom. The van der Waals surface area contributed by atoms with Gasteiger partial charge >= 0.3 is 0 Å². The predicted molar refractivity (Wildman–Crippen MR) is 135 cm³/mol. The Kier molecular flexibility index (Phi) is 5.52. The number of H-pyrrole nitrogens is 1. The number of benzene rings is 1. The second-order valence-corrected chi connectivity index (χ2v) is 10.0. The van der Waals surface area contributed by atoms with E-state index in [4.69, 9.17) is 10.7 Å². The summed E-state index contributed by atoms with van der Waals surface area (Å²) in [6.07, 6.45) is 5.63. The number of nitrogens with zero attached hydrogens (tertiary/aromatic N) is 6. The van der Waals surface area contributed by atoms with Crippen LogP contribution in [-0.4, -0.2) is 63.6 Å². The van der Waals surface area contributed by atoms with Gasteiger partial charge in [-0.25, -0.2) is 9.97 Å². The van der Waals surface area contributed by atoms with Crippen LogP contribution in [-0.2, 0) is 0 Å². The number of amides is 1. The van der Waals surface area contributed by atoms with Crippen molar-refractivity contribution in [1.82, 2.24) is 34.7 Å². The Bertz CT molecular complexity index is 1480. The highest BCUT2D eigenvalue weighted by Crippen LogP contribution is 2.45. The van der Waals surface area contributed by atoms with Crippen LogP contribution in [0.1, 0.15) is 83.8 Å². The van der Waals surface area contributed by atoms with Crippen molar-refractivity contribution in [2.75, 3.05) is 5.73 Å². The van der Waals surface area contributed by atoms with Crippen molar-refractivity contribution in [1.29, 1.82) is 0 Å². The number of hydrogen-bond donors (Lipinski definition) is 3. The zero-order chi connectivity index (χ0) is 25.8. The van der Waals surface area contributed by atoms with Gasteiger partial charge in [-0.1, -0.05) is 24.3 Å². The van der Waals surface area contributed by atoms with Gasteiger partial charge in [-0.15, -0.1) is 0 Å². The lowest BCUT2D eigenvalue weighted by Crippen LogP contribution is -2.46. The van der Waals surface area contributed by atoms with Gasteiger partial charge in [0, 0.05) is 23.6 Å². The lowest BCUT2D eigenvalue weighted by Gasteiger charge is -2.38. The molecule has 190 valence electrons. The first-order valence-electron chi connectivity index (χ1n) is 12.5. The molecule has 6 rings (SSSR count). The minimum Gasteiger partial charge on any atom is -0.389 e. The molecule has 4 N–H and O–H groups in total. The smallest absolute Gasteiger partial charge is 0.291 e. The summed E-state index contributed by atoms with van der Waals surface area (Å²) in [4.78, 5) is 36.8. The number of aromatic amines is 1. The van der Waals surface area contributed by atoms with Crippen molar-refractivity contribution >= 4 is 23.2 Å². The number of nitrogens with one attached hydrogen (secondary N) is 1. The molecule has 2 aliphatic heterocycles. The van der Waals surface area contributed by atoms with E-state index in [-0.39, 0.29) is 41.3 Å². The zero-order valence-corrected chi connectivity index (χ0v) is 20.6. The molecule has 0 spiro atoms. The Hall–Kier alpha value is -4.12. The summed E-state index contributed by atoms with van der Waals surface area (Å²) in [7, 11) is 0. The SMILES string of the molecule is CC(=O)c1c(C2C[C@H]3CC[C@@H](C2)N3C(=O)c2ncn[nH]2)nc2c(-c3ccc([C@H](C)O)cc3)cnn2c1N. The van der Waals surface area contributed by atoms with Crippen molar-refractivity contribution < 1.29 is 14.7 Å². The second kappa shape index (κ2) is 8.77. The number of aliphatic hydroxyl groups excluding tert-OH is 1. The Morgan fingerprint density at radius 1 is 1.16 bits per heavy atom. The van der Waals surface area contributed by atoms with Crippen LogP contribution in [0.3, 0.4) is 0 Å². The van der Waals surface area contributed by atoms with E-state index in [2.05, 4.69) is 20.3 Å². The highest BCUT2D eigenvalue weighted by molar-refractivity contribution is 6.00. The lowest BCUT2D eigenvalue weighted by molar-refractivity contribution is 0.0556. The lowest BCUT2D eigenvalue weighted by atomic mass is 9.85. The van der Waals surface area contributed by atoms with E-state index in [1.54, 1.807) is 13.1 Å². The van der Waals surface area contributed by atoms with Crippen molar-refractivity contribution in [3.63, 3.8) is 0 Å². The van der Waals surface area contributed by atoms with Gasteiger partial charge < -0.3 is 15.7 Å². The van der Waals surface area contributed by atoms with E-state index < -0.39 is 6.10 Å². The molecule has 1 amide bonds. The quantitative estimate of drug-likeness (QED) is 0.353. The van der Waals surface area contributed by atoms with Crippen LogP contribution < -0.4 is 5.73 Å². The number of aliphatic hydroxyl groups is 1. The normalized spacial score (nSPS) is 21.9. The maximum atomic E-state index is 13.1. The largest absolute Gasteiger partial charge is 0.389 e. The monoisotopic (exact) mass is 500 g/mol. The number of nitrogens with two attached hydrogens (primary N) is 1. The van der Waals surface area contributed by atoms with Crippen molar-refractivity contribution in [3.05, 3.63) is 59.4 Å². The van der Waals surface area contributed by atoms with Gasteiger partial charge in [0.25, 0.3) is 5.91 Å². The fourth-order valence-corrected chi connectivity index (χ4v) is 6.00. The third-order valence-electron chi connectivity index (χ3n) is 7.74. The molecule has 3 aromatic heterocycles. The summed E-state index contributed by atoms with van der Waals surface area (Å²) in [6, 6.07) is 7.63. The van der Waals surface area contributed by atoms with E-state index in [0.717, 1.165) is 29.5 Å². The third-order valence-corrected chi connectivity index (χ3v) is 7.74. The Morgan fingerprint density at radius 2 is 1.86 bits per heavy atom. The van der Waals surface area contributed by atoms with Gasteiger partial charge in [0.15, 0.2) is 11.4 Å². The molecular weight excluding hydrogens is 472 g/mol. The van der Waals surface area contributed by atoms with Crippen LogP contribution in [0.15, 0.2) is 36.8 Å². The molecule has 2 saturated heterocycles. The summed E-state index contributed by atoms with van der Waals surface area (Å²) < 4.78 is 1.52. The summed E-state index contributed by atoms with van der Waals surface area (Å²) >= 11 is 0. The number of rotatable bonds is 5. The van der Waals surface area contributed by atoms with Crippen molar-refractivity contribution in [3.8, 4) is 11.1 Å². The number of piperidine rings is 1. The first-order chi connectivity index (χ1) is 17.8. The minimum absolute atomic E-state index is 0.0251. The van der Waals surface area contributed by atoms with E-state index in [1.165, 1.54) is 17.8 Å². The number of fused-ring (bicyclic) bond motifs is 3. The predicted octanol–water partition coefficient (Wildman–Crippen LogP) is 2.90. The Labute approximate surface area is 212 Å². The number of carbonyl (C=O) groups excluding carboxylic acids is 2. The molecule has 2 aliphatic rings. The average molecular weight is 501 g/mol. The highest BCUT2D eigenvalue weighted by atomic mass is 16.3. The summed E-state index contributed by atoms with van der Waals surface area (Å²) in [6.45, 7) is 3.22. The van der Waals surface area contributed by atoms with Crippen LogP contribution in [0.25, 0.3) is 16.8 Å². The molecule has 11 nitrogen and oxygen atoms in total. The number of aromatic nitrogens is 6. The molecule has 1 aromatic carbocycles. The van der Waals surface area contributed by atoms with Crippen LogP contribution in [0, 0.1) is 0 Å². The molecular formula is C26H28N8O3. The van der Waals surface area contributed by atoms with E-state index >= 15 is 0 Å². The average Bonchev–Trinajstić information content (AvgIpc) is 3.62. The maximum absolute atomic E-state index is 13.1. The van der Waals surface area contributed by atoms with Gasteiger partial charge in [-0.05, 0) is 50.7 Å². The van der Waals surface area contributed by atoms with E-state index in [1.807, 2.05) is 29.2 Å². The molecule has 0 radical (unpaired) electrons. The second-order valence-electron chi connectivity index (χ2n) is 10.0. The number of nitrogen functional groups attached to an aromatic ring is 1. The standard InChI is InChI=1S/C26H28N8O3/c1-13(35)15-3-5-16(6-4-15)20-11-30-34-23(27)21(14(2)36)22(31-25(20)34)17-9-18-7-8-19(10-17)33(18)26(37)24-28-12-29-32-24/h3-6,11-13,17-19,35H,7-10,27H2,1-2H3,(H,28,29,32)/t13-,17?,18-,19+/m0/s1. The minimum atomic E-state index is -0.561. The maximum Gasteiger partial charge on any atom is 0.291 e. The van der Waals surface area contributed by atoms with Crippen LogP contribution in [0.5, 0.6) is 0 Å². The number of ketones is 1. The molecule has 2 bridgehead atoms. The van der Waals surface area contributed by atoms with Crippen LogP contribution >= 0.6 is 0 Å². The summed E-state index contributed by atoms with van der Waals surface area (Å²) in [5.41, 5.74) is 10.7. The molecule has 11 heteroatoms. The molecule has 37 heavy (non-hydrogen) atoms. The first kappa shape index (κ1) is 23.3. The van der Waals surface area contributed by atoms with Gasteiger partial charge in [0.05, 0.1) is 23.6 Å². The van der Waals surface area contributed by atoms with Crippen molar-refractivity contribution in [2.24, 2.45) is 0 Å². The molecule has 5 heterocycles. The third kappa shape index (κ3) is 3.77. The summed E-state index contributed by atoms with van der Waals surface area (Å²) in [5, 5.41) is 20.8. The van der Waals surface area contributed by atoms with Crippen molar-refractivity contribution in [2.45, 2.75) is 63.6 Å². The first-order valence-corrected chi connectivity index (χ1v) is 12.5. The number of anilines is 1. The molecule has 0 aliphatic carbocycles. The Balaban J connectivity index is 1.40. The van der Waals surface area contributed by atoms with Crippen LogP contribution in [0.2, 0.25) is 0 Å². The zero-order valence-electron chi connectivity index (χ0n) is 20.6. The fraction of sp³-hybridized carbons (Fsp3) is 0.385. The van der Waals surface area contributed by atoms with E-state index in [0.29, 0.717) is 29.7 Å². The molecule has 4 atom stereocenters. The van der Waals surface area contributed by atoms with Crippen LogP contribution in [0.4, 0.5) is 5.82 Å². The van der Waals surface area contributed by atoms with E-state index in [9.17, 15) is 14.7 Å². The fourth-order valence-electron chi connectivity index (χ4n) is 6.00. The highest BCUT2D eigenvalue weighted by Gasteiger charge is 2.45. The molecule has 4 aromatic rings. The number of hydrogen-bond acceptors (Lipinski definition) is 8. The van der Waals surface area contributed by atoms with Gasteiger partial charge in [0.2, 0.25) is 5.82 Å².